The Hall–Kier alpha value is -2.69. The van der Waals surface area contributed by atoms with Gasteiger partial charge >= 0.3 is 0 Å². The summed E-state index contributed by atoms with van der Waals surface area (Å²) >= 11 is 0. The maximum atomic E-state index is 5.97. The molecule has 0 aliphatic carbocycles. The summed E-state index contributed by atoms with van der Waals surface area (Å²) < 4.78 is 1.54. The number of aromatic nitrogens is 4. The zero-order valence-corrected chi connectivity index (χ0v) is 10.5. The van der Waals surface area contributed by atoms with E-state index in [0.717, 1.165) is 11.3 Å². The highest BCUT2D eigenvalue weighted by molar-refractivity contribution is 5.63. The van der Waals surface area contributed by atoms with Crippen LogP contribution in [0, 0.1) is 6.92 Å². The fraction of sp³-hybridized carbons (Fsp3) is 0.0714. The van der Waals surface area contributed by atoms with Crippen molar-refractivity contribution in [2.24, 2.45) is 0 Å². The monoisotopic (exact) mass is 251 g/mol. The molecule has 0 amide bonds. The van der Waals surface area contributed by atoms with Crippen molar-refractivity contribution >= 4 is 5.82 Å². The lowest BCUT2D eigenvalue weighted by atomic mass is 10.1. The zero-order chi connectivity index (χ0) is 13.2. The summed E-state index contributed by atoms with van der Waals surface area (Å²) in [6, 6.07) is 11.7. The highest BCUT2D eigenvalue weighted by atomic mass is 15.4. The average Bonchev–Trinajstić information content (AvgIpc) is 2.82. The van der Waals surface area contributed by atoms with E-state index in [1.807, 2.05) is 31.2 Å². The lowest BCUT2D eigenvalue weighted by molar-refractivity contribution is 0.820. The van der Waals surface area contributed by atoms with Crippen LogP contribution in [-0.4, -0.2) is 19.7 Å². The van der Waals surface area contributed by atoms with Crippen LogP contribution in [0.25, 0.3) is 17.2 Å². The summed E-state index contributed by atoms with van der Waals surface area (Å²) in [5.41, 5.74) is 8.99. The van der Waals surface area contributed by atoms with Gasteiger partial charge in [-0.2, -0.15) is 9.78 Å². The summed E-state index contributed by atoms with van der Waals surface area (Å²) in [5, 5.41) is 4.46. The van der Waals surface area contributed by atoms with Crippen LogP contribution in [0.3, 0.4) is 0 Å². The summed E-state index contributed by atoms with van der Waals surface area (Å²) in [4.78, 5) is 8.29. The molecule has 0 atom stereocenters. The largest absolute Gasteiger partial charge is 0.383 e. The third-order valence-electron chi connectivity index (χ3n) is 2.79. The second-order valence-corrected chi connectivity index (χ2v) is 4.28. The Morgan fingerprint density at radius 2 is 1.84 bits per heavy atom. The second-order valence-electron chi connectivity index (χ2n) is 4.28. The van der Waals surface area contributed by atoms with Crippen LogP contribution in [0.2, 0.25) is 0 Å². The van der Waals surface area contributed by atoms with E-state index in [1.54, 1.807) is 18.5 Å². The fourth-order valence-corrected chi connectivity index (χ4v) is 1.90. The molecule has 0 bridgehead atoms. The van der Waals surface area contributed by atoms with Crippen molar-refractivity contribution in [3.63, 3.8) is 0 Å². The van der Waals surface area contributed by atoms with E-state index < -0.39 is 0 Å². The first-order chi connectivity index (χ1) is 9.24. The lowest BCUT2D eigenvalue weighted by Gasteiger charge is -2.00. The molecule has 1 aromatic carbocycles. The lowest BCUT2D eigenvalue weighted by Crippen LogP contribution is -2.05. The van der Waals surface area contributed by atoms with Crippen molar-refractivity contribution in [2.75, 3.05) is 5.73 Å². The van der Waals surface area contributed by atoms with Crippen molar-refractivity contribution in [2.45, 2.75) is 6.92 Å². The van der Waals surface area contributed by atoms with Crippen molar-refractivity contribution in [1.29, 1.82) is 0 Å². The molecule has 3 aromatic rings. The van der Waals surface area contributed by atoms with Gasteiger partial charge in [0, 0.05) is 24.0 Å². The van der Waals surface area contributed by atoms with Crippen molar-refractivity contribution in [1.82, 2.24) is 19.7 Å². The highest BCUT2D eigenvalue weighted by Crippen LogP contribution is 2.22. The van der Waals surface area contributed by atoms with E-state index in [4.69, 9.17) is 5.73 Å². The molecule has 94 valence electrons. The maximum absolute atomic E-state index is 5.97. The number of hydrogen-bond acceptors (Lipinski definition) is 4. The number of nitrogens with two attached hydrogens (primary N) is 1. The molecule has 0 fully saturated rings. The number of anilines is 1. The first kappa shape index (κ1) is 11.4. The van der Waals surface area contributed by atoms with E-state index >= 15 is 0 Å². The van der Waals surface area contributed by atoms with E-state index in [9.17, 15) is 0 Å². The van der Waals surface area contributed by atoms with Crippen LogP contribution in [-0.2, 0) is 0 Å². The Morgan fingerprint density at radius 3 is 2.58 bits per heavy atom. The Kier molecular flexibility index (Phi) is 2.72. The third-order valence-corrected chi connectivity index (χ3v) is 2.79. The van der Waals surface area contributed by atoms with Gasteiger partial charge in [0.2, 0.25) is 0 Å². The van der Waals surface area contributed by atoms with Crippen LogP contribution in [0.4, 0.5) is 5.82 Å². The highest BCUT2D eigenvalue weighted by Gasteiger charge is 2.10. The third kappa shape index (κ3) is 2.18. The number of nitrogen functional groups attached to an aromatic ring is 1. The number of rotatable bonds is 2. The molecule has 0 aliphatic heterocycles. The van der Waals surface area contributed by atoms with Crippen molar-refractivity contribution in [3.8, 4) is 17.2 Å². The molecule has 0 radical (unpaired) electrons. The van der Waals surface area contributed by atoms with Gasteiger partial charge in [-0.25, -0.2) is 9.97 Å². The normalized spacial score (nSPS) is 10.6. The van der Waals surface area contributed by atoms with E-state index in [1.165, 1.54) is 10.2 Å². The van der Waals surface area contributed by atoms with Crippen LogP contribution < -0.4 is 5.73 Å². The fourth-order valence-electron chi connectivity index (χ4n) is 1.90. The van der Waals surface area contributed by atoms with Gasteiger partial charge in [0.1, 0.15) is 5.82 Å². The molecule has 2 heterocycles. The molecule has 5 heteroatoms. The summed E-state index contributed by atoms with van der Waals surface area (Å²) in [6.45, 7) is 2.05. The van der Waals surface area contributed by atoms with Crippen LogP contribution >= 0.6 is 0 Å². The molecular weight excluding hydrogens is 238 g/mol. The Bertz CT molecular complexity index is 703. The van der Waals surface area contributed by atoms with Gasteiger partial charge in [-0.15, -0.1) is 0 Å². The zero-order valence-electron chi connectivity index (χ0n) is 10.5. The summed E-state index contributed by atoms with van der Waals surface area (Å²) in [5.74, 6) is 0.988. The van der Waals surface area contributed by atoms with Gasteiger partial charge in [0.05, 0.1) is 5.69 Å². The first-order valence-corrected chi connectivity index (χ1v) is 5.94. The Morgan fingerprint density at radius 1 is 1.05 bits per heavy atom. The van der Waals surface area contributed by atoms with Gasteiger partial charge in [-0.1, -0.05) is 23.8 Å². The maximum Gasteiger partial charge on any atom is 0.252 e. The average molecular weight is 251 g/mol. The van der Waals surface area contributed by atoms with Crippen molar-refractivity contribution < 1.29 is 0 Å². The smallest absolute Gasteiger partial charge is 0.252 e. The predicted molar refractivity (Wildman–Crippen MR) is 73.7 cm³/mol. The van der Waals surface area contributed by atoms with Gasteiger partial charge in [-0.3, -0.25) is 0 Å². The van der Waals surface area contributed by atoms with Gasteiger partial charge in [0.25, 0.3) is 5.95 Å². The molecule has 0 spiro atoms. The SMILES string of the molecule is Cc1cccc(-c2cc(N)n(-c3ncccn3)n2)c1. The van der Waals surface area contributed by atoms with Gasteiger partial charge < -0.3 is 5.73 Å². The molecule has 3 rings (SSSR count). The molecular formula is C14H13N5. The Labute approximate surface area is 110 Å². The number of nitrogens with zero attached hydrogens (tertiary/aromatic N) is 4. The minimum Gasteiger partial charge on any atom is -0.383 e. The molecule has 0 saturated heterocycles. The number of benzene rings is 1. The van der Waals surface area contributed by atoms with Crippen molar-refractivity contribution in [3.05, 3.63) is 54.4 Å². The van der Waals surface area contributed by atoms with Crippen LogP contribution in [0.1, 0.15) is 5.56 Å². The topological polar surface area (TPSA) is 69.6 Å². The molecule has 0 aliphatic rings. The first-order valence-electron chi connectivity index (χ1n) is 5.94. The number of aryl methyl sites for hydroxylation is 1. The predicted octanol–water partition coefficient (Wildman–Crippen LogP) is 2.22. The molecule has 2 N–H and O–H groups in total. The minimum absolute atomic E-state index is 0.471. The van der Waals surface area contributed by atoms with Gasteiger partial charge in [0.15, 0.2) is 0 Å². The van der Waals surface area contributed by atoms with E-state index in [0.29, 0.717) is 11.8 Å². The van der Waals surface area contributed by atoms with E-state index in [2.05, 4.69) is 21.1 Å². The molecule has 5 nitrogen and oxygen atoms in total. The van der Waals surface area contributed by atoms with Crippen LogP contribution in [0.15, 0.2) is 48.8 Å². The Balaban J connectivity index is 2.07. The summed E-state index contributed by atoms with van der Waals surface area (Å²) in [6.07, 6.45) is 3.32. The molecule has 0 saturated carbocycles. The second kappa shape index (κ2) is 4.53. The quantitative estimate of drug-likeness (QED) is 0.758. The number of hydrogen-bond donors (Lipinski definition) is 1. The minimum atomic E-state index is 0.471. The standard InChI is InChI=1S/C14H13N5/c1-10-4-2-5-11(8-10)12-9-13(15)19(18-12)14-16-6-3-7-17-14/h2-9H,15H2,1H3. The molecule has 19 heavy (non-hydrogen) atoms. The van der Waals surface area contributed by atoms with E-state index in [-0.39, 0.29) is 0 Å². The molecule has 0 unspecified atom stereocenters. The van der Waals surface area contributed by atoms with Crippen LogP contribution in [0.5, 0.6) is 0 Å². The summed E-state index contributed by atoms with van der Waals surface area (Å²) in [7, 11) is 0. The molecule has 2 aromatic heterocycles. The van der Waals surface area contributed by atoms with Gasteiger partial charge in [-0.05, 0) is 19.1 Å².